The monoisotopic (exact) mass is 508 g/mol. The average molecular weight is 509 g/mol. The molecule has 7 nitrogen and oxygen atoms in total. The second kappa shape index (κ2) is 8.85. The van der Waals surface area contributed by atoms with Gasteiger partial charge in [0, 0.05) is 33.8 Å². The van der Waals surface area contributed by atoms with Crippen LogP contribution in [0.15, 0.2) is 41.3 Å². The number of carbonyl (C=O) groups is 1. The second-order valence-corrected chi connectivity index (χ2v) is 10.8. The number of nitrogens with zero attached hydrogens (tertiary/aromatic N) is 2. The van der Waals surface area contributed by atoms with Crippen LogP contribution in [0.4, 0.5) is 0 Å². The number of fused-ring (bicyclic) bond motifs is 1. The summed E-state index contributed by atoms with van der Waals surface area (Å²) in [7, 11) is -4.24. The number of aryl methyl sites for hydroxylation is 2. The Morgan fingerprint density at radius 3 is 2.64 bits per heavy atom. The van der Waals surface area contributed by atoms with E-state index in [4.69, 9.17) is 23.2 Å². The molecule has 4 rings (SSSR count). The molecule has 2 atom stereocenters. The van der Waals surface area contributed by atoms with Gasteiger partial charge in [-0.05, 0) is 50.5 Å². The molecule has 0 amide bonds. The highest BCUT2D eigenvalue weighted by atomic mass is 35.5. The van der Waals surface area contributed by atoms with Crippen molar-refractivity contribution in [1.29, 1.82) is 0 Å². The number of rotatable bonds is 5. The molecule has 2 N–H and O–H groups in total. The van der Waals surface area contributed by atoms with Crippen LogP contribution >= 0.6 is 23.2 Å². The maximum Gasteiger partial charge on any atom is 0.322 e. The predicted molar refractivity (Wildman–Crippen MR) is 126 cm³/mol. The lowest BCUT2D eigenvalue weighted by Gasteiger charge is -2.24. The number of pyridine rings is 1. The normalized spacial score (nSPS) is 18.0. The maximum absolute atomic E-state index is 13.3. The molecule has 1 aliphatic rings. The minimum Gasteiger partial charge on any atom is -0.480 e. The Labute approximate surface area is 201 Å². The maximum atomic E-state index is 13.3. The number of aliphatic hydroxyl groups excluding tert-OH is 1. The summed E-state index contributed by atoms with van der Waals surface area (Å²) in [6.45, 7) is 3.86. The molecule has 3 aromatic rings. The summed E-state index contributed by atoms with van der Waals surface area (Å²) >= 11 is 12.9. The number of para-hydroxylation sites is 1. The summed E-state index contributed by atoms with van der Waals surface area (Å²) in [6, 6.07) is 8.70. The molecule has 0 spiro atoms. The third kappa shape index (κ3) is 4.11. The lowest BCUT2D eigenvalue weighted by molar-refractivity contribution is -0.140. The number of benzene rings is 2. The van der Waals surface area contributed by atoms with Crippen molar-refractivity contribution >= 4 is 50.1 Å². The molecule has 1 aromatic heterocycles. The van der Waals surface area contributed by atoms with E-state index in [1.807, 2.05) is 26.0 Å². The van der Waals surface area contributed by atoms with Crippen LogP contribution in [-0.2, 0) is 14.8 Å². The van der Waals surface area contributed by atoms with Crippen molar-refractivity contribution in [1.82, 2.24) is 9.29 Å². The summed E-state index contributed by atoms with van der Waals surface area (Å²) in [5, 5.41) is 21.4. The number of aromatic nitrogens is 1. The molecule has 2 aromatic carbocycles. The van der Waals surface area contributed by atoms with Gasteiger partial charge in [-0.15, -0.1) is 0 Å². The zero-order valence-electron chi connectivity index (χ0n) is 17.9. The lowest BCUT2D eigenvalue weighted by Crippen LogP contribution is -2.40. The second-order valence-electron chi connectivity index (χ2n) is 8.11. The fourth-order valence-electron chi connectivity index (χ4n) is 4.38. The smallest absolute Gasteiger partial charge is 0.322 e. The Morgan fingerprint density at radius 1 is 1.21 bits per heavy atom. The van der Waals surface area contributed by atoms with E-state index in [1.54, 1.807) is 12.1 Å². The summed E-state index contributed by atoms with van der Waals surface area (Å²) in [6.07, 6.45) is -0.709. The standard InChI is InChI=1S/C23H22Cl2N2O5S/c1-12-11-13(2)26-21-14(12)5-3-6-15(21)22(28)19-16(24)8-9-18(20(19)25)33(31,32)27-10-4-7-17(27)23(29)30/h3,5-6,8-9,11,17,22,28H,4,7,10H2,1-2H3,(H,29,30). The molecule has 1 aliphatic heterocycles. The van der Waals surface area contributed by atoms with Crippen LogP contribution in [0.3, 0.4) is 0 Å². The zero-order valence-corrected chi connectivity index (χ0v) is 20.2. The lowest BCUT2D eigenvalue weighted by atomic mass is 9.97. The molecule has 174 valence electrons. The molecule has 0 aliphatic carbocycles. The van der Waals surface area contributed by atoms with E-state index in [-0.39, 0.29) is 33.5 Å². The van der Waals surface area contributed by atoms with Crippen LogP contribution in [0.2, 0.25) is 10.0 Å². The van der Waals surface area contributed by atoms with Gasteiger partial charge in [0.1, 0.15) is 17.0 Å². The number of aliphatic hydroxyl groups is 1. The highest BCUT2D eigenvalue weighted by Gasteiger charge is 2.41. The number of hydrogen-bond donors (Lipinski definition) is 2. The van der Waals surface area contributed by atoms with Crippen LogP contribution in [0.5, 0.6) is 0 Å². The van der Waals surface area contributed by atoms with Crippen molar-refractivity contribution in [3.05, 3.63) is 68.8 Å². The Bertz CT molecular complexity index is 1380. The molecule has 2 unspecified atom stereocenters. The molecule has 0 bridgehead atoms. The van der Waals surface area contributed by atoms with Crippen molar-refractivity contribution in [2.75, 3.05) is 6.54 Å². The molecule has 2 heterocycles. The van der Waals surface area contributed by atoms with Gasteiger partial charge < -0.3 is 10.2 Å². The fourth-order valence-corrected chi connectivity index (χ4v) is 6.98. The molecule has 0 saturated carbocycles. The quantitative estimate of drug-likeness (QED) is 0.525. The largest absolute Gasteiger partial charge is 0.480 e. The molecular weight excluding hydrogens is 487 g/mol. The van der Waals surface area contributed by atoms with E-state index < -0.39 is 28.1 Å². The molecule has 33 heavy (non-hydrogen) atoms. The third-order valence-electron chi connectivity index (χ3n) is 5.94. The van der Waals surface area contributed by atoms with Crippen LogP contribution in [-0.4, -0.2) is 46.5 Å². The van der Waals surface area contributed by atoms with Crippen LogP contribution < -0.4 is 0 Å². The van der Waals surface area contributed by atoms with Crippen LogP contribution in [0.25, 0.3) is 10.9 Å². The van der Waals surface area contributed by atoms with Gasteiger partial charge in [-0.1, -0.05) is 41.4 Å². The Morgan fingerprint density at radius 2 is 1.94 bits per heavy atom. The first-order valence-electron chi connectivity index (χ1n) is 10.3. The number of sulfonamides is 1. The van der Waals surface area contributed by atoms with Gasteiger partial charge >= 0.3 is 5.97 Å². The van der Waals surface area contributed by atoms with Crippen molar-refractivity contribution in [3.63, 3.8) is 0 Å². The first kappa shape index (κ1) is 23.9. The number of halogens is 2. The van der Waals surface area contributed by atoms with Gasteiger partial charge in [0.2, 0.25) is 10.0 Å². The number of carboxylic acids is 1. The first-order valence-corrected chi connectivity index (χ1v) is 12.5. The van der Waals surface area contributed by atoms with Crippen molar-refractivity contribution < 1.29 is 23.4 Å². The highest BCUT2D eigenvalue weighted by Crippen LogP contribution is 2.41. The number of hydrogen-bond acceptors (Lipinski definition) is 5. The molecule has 0 radical (unpaired) electrons. The molecule has 1 fully saturated rings. The molecule has 1 saturated heterocycles. The Balaban J connectivity index is 1.87. The van der Waals surface area contributed by atoms with E-state index in [0.717, 1.165) is 20.9 Å². The Hall–Kier alpha value is -2.23. The van der Waals surface area contributed by atoms with Crippen molar-refractivity contribution in [2.24, 2.45) is 0 Å². The van der Waals surface area contributed by atoms with Crippen molar-refractivity contribution in [2.45, 2.75) is 43.7 Å². The van der Waals surface area contributed by atoms with Gasteiger partial charge in [-0.3, -0.25) is 9.78 Å². The van der Waals surface area contributed by atoms with Gasteiger partial charge in [0.25, 0.3) is 0 Å². The number of carboxylic acid groups (broad SMARTS) is 1. The van der Waals surface area contributed by atoms with Gasteiger partial charge in [0.05, 0.1) is 10.5 Å². The predicted octanol–water partition coefficient (Wildman–Crippen LogP) is 4.48. The van der Waals surface area contributed by atoms with Gasteiger partial charge in [0.15, 0.2) is 0 Å². The summed E-state index contributed by atoms with van der Waals surface area (Å²) in [5.41, 5.74) is 2.77. The van der Waals surface area contributed by atoms with E-state index >= 15 is 0 Å². The van der Waals surface area contributed by atoms with E-state index in [0.29, 0.717) is 17.5 Å². The SMILES string of the molecule is Cc1cc(C)c2cccc(C(O)c3c(Cl)ccc(S(=O)(=O)N4CCCC4C(=O)O)c3Cl)c2n1. The molecular formula is C23H22Cl2N2O5S. The number of aliphatic carboxylic acids is 1. The third-order valence-corrected chi connectivity index (χ3v) is 8.74. The first-order chi connectivity index (χ1) is 15.5. The van der Waals surface area contributed by atoms with Crippen LogP contribution in [0, 0.1) is 13.8 Å². The summed E-state index contributed by atoms with van der Waals surface area (Å²) < 4.78 is 27.6. The van der Waals surface area contributed by atoms with E-state index in [9.17, 15) is 23.4 Å². The summed E-state index contributed by atoms with van der Waals surface area (Å²) in [4.78, 5) is 15.8. The highest BCUT2D eigenvalue weighted by molar-refractivity contribution is 7.89. The van der Waals surface area contributed by atoms with Crippen molar-refractivity contribution in [3.8, 4) is 0 Å². The van der Waals surface area contributed by atoms with E-state index in [1.165, 1.54) is 12.1 Å². The van der Waals surface area contributed by atoms with Gasteiger partial charge in [-0.2, -0.15) is 4.31 Å². The average Bonchev–Trinajstić information content (AvgIpc) is 3.24. The summed E-state index contributed by atoms with van der Waals surface area (Å²) in [5.74, 6) is -1.21. The van der Waals surface area contributed by atoms with E-state index in [2.05, 4.69) is 4.98 Å². The van der Waals surface area contributed by atoms with Crippen LogP contribution in [0.1, 0.15) is 41.3 Å². The zero-order chi connectivity index (χ0) is 24.1. The fraction of sp³-hybridized carbons (Fsp3) is 0.304. The molecule has 10 heteroatoms. The Kier molecular flexibility index (Phi) is 6.41. The minimum atomic E-state index is -4.24. The topological polar surface area (TPSA) is 108 Å². The van der Waals surface area contributed by atoms with Gasteiger partial charge in [-0.25, -0.2) is 8.42 Å². The minimum absolute atomic E-state index is 0.0268.